The van der Waals surface area contributed by atoms with E-state index in [1.54, 1.807) is 0 Å². The molecule has 0 amide bonds. The number of aliphatic hydroxyl groups excluding tert-OH is 1. The Labute approximate surface area is 113 Å². The Bertz CT molecular complexity index is 459. The largest absolute Gasteiger partial charge is 0.396 e. The summed E-state index contributed by atoms with van der Waals surface area (Å²) >= 11 is 0. The number of hydrogen-bond donors (Lipinski definition) is 3. The highest BCUT2D eigenvalue weighted by atomic mass is 16.3. The van der Waals surface area contributed by atoms with Crippen LogP contribution in [-0.2, 0) is 5.60 Å². The summed E-state index contributed by atoms with van der Waals surface area (Å²) in [4.78, 5) is 0. The zero-order valence-corrected chi connectivity index (χ0v) is 10.7. The first-order chi connectivity index (χ1) is 9.19. The van der Waals surface area contributed by atoms with Gasteiger partial charge in [-0.05, 0) is 17.5 Å². The number of aliphatic hydroxyl groups is 2. The lowest BCUT2D eigenvalue weighted by atomic mass is 9.79. The molecule has 0 aliphatic carbocycles. The SMILES string of the molecule is N[C@@H](CCO)C(O)(c1ccccc1)c1ccccc1. The molecule has 0 spiro atoms. The molecule has 0 aliphatic heterocycles. The van der Waals surface area contributed by atoms with Crippen LogP contribution in [0.4, 0.5) is 0 Å². The quantitative estimate of drug-likeness (QED) is 0.762. The third-order valence-electron chi connectivity index (χ3n) is 3.40. The summed E-state index contributed by atoms with van der Waals surface area (Å²) in [6, 6.07) is 18.1. The van der Waals surface area contributed by atoms with Crippen LogP contribution >= 0.6 is 0 Å². The van der Waals surface area contributed by atoms with E-state index in [9.17, 15) is 5.11 Å². The maximum absolute atomic E-state index is 11.1. The molecule has 0 unspecified atom stereocenters. The van der Waals surface area contributed by atoms with Crippen LogP contribution in [0.2, 0.25) is 0 Å². The number of nitrogens with two attached hydrogens (primary N) is 1. The molecule has 0 bridgehead atoms. The Morgan fingerprint density at radius 1 is 0.895 bits per heavy atom. The van der Waals surface area contributed by atoms with Crippen LogP contribution in [0.15, 0.2) is 60.7 Å². The highest BCUT2D eigenvalue weighted by Crippen LogP contribution is 2.33. The molecule has 2 aromatic rings. The van der Waals surface area contributed by atoms with E-state index in [1.165, 1.54) is 0 Å². The van der Waals surface area contributed by atoms with Gasteiger partial charge in [0.25, 0.3) is 0 Å². The van der Waals surface area contributed by atoms with Gasteiger partial charge in [0.2, 0.25) is 0 Å². The monoisotopic (exact) mass is 257 g/mol. The zero-order valence-electron chi connectivity index (χ0n) is 10.7. The molecule has 100 valence electrons. The lowest BCUT2D eigenvalue weighted by Gasteiger charge is -2.35. The fourth-order valence-electron chi connectivity index (χ4n) is 2.33. The highest BCUT2D eigenvalue weighted by molar-refractivity contribution is 5.37. The van der Waals surface area contributed by atoms with Crippen LogP contribution in [-0.4, -0.2) is 22.9 Å². The van der Waals surface area contributed by atoms with Crippen molar-refractivity contribution in [1.82, 2.24) is 0 Å². The number of rotatable bonds is 5. The van der Waals surface area contributed by atoms with E-state index in [0.717, 1.165) is 11.1 Å². The summed E-state index contributed by atoms with van der Waals surface area (Å²) in [5.41, 5.74) is 6.31. The van der Waals surface area contributed by atoms with Gasteiger partial charge in [0.1, 0.15) is 5.60 Å². The van der Waals surface area contributed by atoms with Gasteiger partial charge in [0.15, 0.2) is 0 Å². The summed E-state index contributed by atoms with van der Waals surface area (Å²) in [7, 11) is 0. The summed E-state index contributed by atoms with van der Waals surface area (Å²) in [5, 5.41) is 20.2. The van der Waals surface area contributed by atoms with E-state index >= 15 is 0 Å². The number of hydrogen-bond acceptors (Lipinski definition) is 3. The Morgan fingerprint density at radius 2 is 1.32 bits per heavy atom. The second-order valence-corrected chi connectivity index (χ2v) is 4.62. The molecule has 0 aromatic heterocycles. The minimum absolute atomic E-state index is 0.0524. The Morgan fingerprint density at radius 3 is 1.68 bits per heavy atom. The summed E-state index contributed by atoms with van der Waals surface area (Å²) < 4.78 is 0. The van der Waals surface area contributed by atoms with Gasteiger partial charge in [-0.1, -0.05) is 60.7 Å². The first-order valence-electron chi connectivity index (χ1n) is 6.39. The van der Waals surface area contributed by atoms with Gasteiger partial charge < -0.3 is 15.9 Å². The standard InChI is InChI=1S/C16H19NO2/c17-15(11-12-18)16(19,13-7-3-1-4-8-13)14-9-5-2-6-10-14/h1-10,15,18-19H,11-12,17H2/t15-/m0/s1. The third-order valence-corrected chi connectivity index (χ3v) is 3.40. The van der Waals surface area contributed by atoms with E-state index < -0.39 is 11.6 Å². The van der Waals surface area contributed by atoms with E-state index in [1.807, 2.05) is 60.7 Å². The minimum Gasteiger partial charge on any atom is -0.396 e. The molecule has 0 saturated heterocycles. The molecule has 2 rings (SSSR count). The lowest BCUT2D eigenvalue weighted by molar-refractivity contribution is 0.0421. The molecule has 19 heavy (non-hydrogen) atoms. The second-order valence-electron chi connectivity index (χ2n) is 4.62. The minimum atomic E-state index is -1.29. The molecule has 4 N–H and O–H groups in total. The Hall–Kier alpha value is -1.68. The van der Waals surface area contributed by atoms with Gasteiger partial charge >= 0.3 is 0 Å². The highest BCUT2D eigenvalue weighted by Gasteiger charge is 2.37. The average molecular weight is 257 g/mol. The lowest BCUT2D eigenvalue weighted by Crippen LogP contribution is -2.46. The molecule has 0 aliphatic rings. The molecule has 3 nitrogen and oxygen atoms in total. The van der Waals surface area contributed by atoms with Gasteiger partial charge in [-0.25, -0.2) is 0 Å². The molecule has 0 radical (unpaired) electrons. The predicted octanol–water partition coefficient (Wildman–Crippen LogP) is 1.63. The van der Waals surface area contributed by atoms with Gasteiger partial charge in [0, 0.05) is 12.6 Å². The van der Waals surface area contributed by atoms with Gasteiger partial charge in [-0.3, -0.25) is 0 Å². The molecular formula is C16H19NO2. The summed E-state index contributed by atoms with van der Waals surface area (Å²) in [5.74, 6) is 0. The molecule has 0 fully saturated rings. The third kappa shape index (κ3) is 2.68. The first-order valence-corrected chi connectivity index (χ1v) is 6.39. The molecule has 0 saturated carbocycles. The van der Waals surface area contributed by atoms with Crippen LogP contribution in [0.5, 0.6) is 0 Å². The van der Waals surface area contributed by atoms with Crippen LogP contribution in [0.1, 0.15) is 17.5 Å². The maximum Gasteiger partial charge on any atom is 0.130 e. The van der Waals surface area contributed by atoms with Crippen molar-refractivity contribution in [3.8, 4) is 0 Å². The van der Waals surface area contributed by atoms with E-state index in [0.29, 0.717) is 6.42 Å². The van der Waals surface area contributed by atoms with E-state index in [4.69, 9.17) is 10.8 Å². The summed E-state index contributed by atoms with van der Waals surface area (Å²) in [6.07, 6.45) is 0.334. The van der Waals surface area contributed by atoms with Crippen LogP contribution in [0.25, 0.3) is 0 Å². The predicted molar refractivity (Wildman–Crippen MR) is 75.6 cm³/mol. The van der Waals surface area contributed by atoms with Crippen LogP contribution < -0.4 is 5.73 Å². The van der Waals surface area contributed by atoms with Crippen LogP contribution in [0, 0.1) is 0 Å². The smallest absolute Gasteiger partial charge is 0.130 e. The molecular weight excluding hydrogens is 238 g/mol. The Balaban J connectivity index is 2.51. The van der Waals surface area contributed by atoms with Crippen molar-refractivity contribution in [3.05, 3.63) is 71.8 Å². The zero-order chi connectivity index (χ0) is 13.7. The summed E-state index contributed by atoms with van der Waals surface area (Å²) in [6.45, 7) is -0.0524. The number of benzene rings is 2. The van der Waals surface area contributed by atoms with E-state index in [-0.39, 0.29) is 6.61 Å². The topological polar surface area (TPSA) is 66.5 Å². The van der Waals surface area contributed by atoms with Gasteiger partial charge in [-0.2, -0.15) is 0 Å². The van der Waals surface area contributed by atoms with Crippen molar-refractivity contribution in [2.75, 3.05) is 6.61 Å². The van der Waals surface area contributed by atoms with Gasteiger partial charge in [-0.15, -0.1) is 0 Å². The fourth-order valence-corrected chi connectivity index (χ4v) is 2.33. The van der Waals surface area contributed by atoms with E-state index in [2.05, 4.69) is 0 Å². The van der Waals surface area contributed by atoms with Crippen molar-refractivity contribution in [2.45, 2.75) is 18.1 Å². The average Bonchev–Trinajstić information content (AvgIpc) is 2.48. The molecule has 2 aromatic carbocycles. The van der Waals surface area contributed by atoms with Crippen molar-refractivity contribution < 1.29 is 10.2 Å². The molecule has 1 atom stereocenters. The molecule has 0 heterocycles. The van der Waals surface area contributed by atoms with Crippen molar-refractivity contribution in [2.24, 2.45) is 5.73 Å². The normalized spacial score (nSPS) is 13.2. The first kappa shape index (κ1) is 13.7. The second kappa shape index (κ2) is 5.97. The van der Waals surface area contributed by atoms with Crippen molar-refractivity contribution in [3.63, 3.8) is 0 Å². The van der Waals surface area contributed by atoms with Crippen molar-refractivity contribution in [1.29, 1.82) is 0 Å². The van der Waals surface area contributed by atoms with Crippen molar-refractivity contribution >= 4 is 0 Å². The molecule has 3 heteroatoms. The fraction of sp³-hybridized carbons (Fsp3) is 0.250. The van der Waals surface area contributed by atoms with Crippen LogP contribution in [0.3, 0.4) is 0 Å². The van der Waals surface area contributed by atoms with Gasteiger partial charge in [0.05, 0.1) is 0 Å². The maximum atomic E-state index is 11.1. The Kier molecular flexibility index (Phi) is 4.32.